The van der Waals surface area contributed by atoms with Crippen LogP contribution in [0.3, 0.4) is 0 Å². The predicted molar refractivity (Wildman–Crippen MR) is 120 cm³/mol. The summed E-state index contributed by atoms with van der Waals surface area (Å²) in [4.78, 5) is 38.2. The molecule has 1 unspecified atom stereocenters. The summed E-state index contributed by atoms with van der Waals surface area (Å²) in [6.07, 6.45) is 4.23. The van der Waals surface area contributed by atoms with E-state index < -0.39 is 17.5 Å². The number of aryl methyl sites for hydroxylation is 1. The Labute approximate surface area is 196 Å². The van der Waals surface area contributed by atoms with E-state index in [1.165, 1.54) is 13.0 Å². The van der Waals surface area contributed by atoms with Gasteiger partial charge in [0.05, 0.1) is 5.69 Å². The first-order chi connectivity index (χ1) is 16.3. The van der Waals surface area contributed by atoms with Gasteiger partial charge >= 0.3 is 0 Å². The molecule has 2 aliphatic rings. The first kappa shape index (κ1) is 23.7. The molecule has 2 amide bonds. The van der Waals surface area contributed by atoms with Gasteiger partial charge in [-0.25, -0.2) is 18.7 Å². The van der Waals surface area contributed by atoms with Crippen molar-refractivity contribution in [3.8, 4) is 0 Å². The zero-order valence-electron chi connectivity index (χ0n) is 19.1. The second-order valence-electron chi connectivity index (χ2n) is 8.81. The molecular formula is C24H27F2N5O3. The minimum absolute atomic E-state index is 0.00464. The fourth-order valence-corrected chi connectivity index (χ4v) is 4.48. The number of halogens is 2. The number of nitrogens with zero attached hydrogens (tertiary/aromatic N) is 3. The summed E-state index contributed by atoms with van der Waals surface area (Å²) in [7, 11) is 0. The van der Waals surface area contributed by atoms with Crippen LogP contribution in [0.5, 0.6) is 0 Å². The first-order valence-corrected chi connectivity index (χ1v) is 11.4. The fraction of sp³-hybridized carbons (Fsp3) is 0.458. The molecule has 2 aromatic rings. The lowest BCUT2D eigenvalue weighted by Gasteiger charge is -2.31. The van der Waals surface area contributed by atoms with Crippen molar-refractivity contribution >= 4 is 17.5 Å². The van der Waals surface area contributed by atoms with Gasteiger partial charge in [0.25, 0.3) is 5.91 Å². The lowest BCUT2D eigenvalue weighted by Crippen LogP contribution is -2.38. The number of amides is 2. The average Bonchev–Trinajstić information content (AvgIpc) is 3.30. The van der Waals surface area contributed by atoms with E-state index >= 15 is 0 Å². The number of benzene rings is 1. The molecule has 1 aromatic carbocycles. The molecule has 0 radical (unpaired) electrons. The van der Waals surface area contributed by atoms with Crippen LogP contribution in [-0.4, -0.2) is 39.6 Å². The highest BCUT2D eigenvalue weighted by atomic mass is 19.2. The van der Waals surface area contributed by atoms with Crippen LogP contribution in [0.4, 0.5) is 8.78 Å². The van der Waals surface area contributed by atoms with Crippen molar-refractivity contribution in [1.82, 2.24) is 20.6 Å². The van der Waals surface area contributed by atoms with Crippen molar-refractivity contribution < 1.29 is 23.2 Å². The Morgan fingerprint density at radius 2 is 1.85 bits per heavy atom. The minimum Gasteiger partial charge on any atom is -0.391 e. The molecule has 2 N–H and O–H groups in total. The molecule has 2 heterocycles. The van der Waals surface area contributed by atoms with Crippen molar-refractivity contribution in [2.24, 2.45) is 11.1 Å². The van der Waals surface area contributed by atoms with Crippen LogP contribution in [0.15, 0.2) is 29.4 Å². The summed E-state index contributed by atoms with van der Waals surface area (Å²) in [6, 6.07) is 5.24. The number of carbonyl (C=O) groups excluding carboxylic acids is 2. The summed E-state index contributed by atoms with van der Waals surface area (Å²) >= 11 is 0. The molecule has 0 spiro atoms. The van der Waals surface area contributed by atoms with E-state index in [0.29, 0.717) is 35.1 Å². The topological polar surface area (TPSA) is 106 Å². The van der Waals surface area contributed by atoms with Gasteiger partial charge in [-0.2, -0.15) is 0 Å². The molecule has 10 heteroatoms. The maximum absolute atomic E-state index is 13.4. The van der Waals surface area contributed by atoms with Crippen molar-refractivity contribution in [3.63, 3.8) is 0 Å². The van der Waals surface area contributed by atoms with Crippen LogP contribution >= 0.6 is 0 Å². The lowest BCUT2D eigenvalue weighted by molar-refractivity contribution is -0.120. The smallest absolute Gasteiger partial charge is 0.270 e. The molecule has 1 aromatic heterocycles. The summed E-state index contributed by atoms with van der Waals surface area (Å²) in [6.45, 7) is 3.25. The third-order valence-corrected chi connectivity index (χ3v) is 6.20. The Morgan fingerprint density at radius 1 is 1.09 bits per heavy atom. The van der Waals surface area contributed by atoms with Crippen molar-refractivity contribution in [2.75, 3.05) is 0 Å². The standard InChI is InChI=1S/C24H27F2N5O3/c1-13-28-20(10-22(29-13)24(33)27-12-15-3-8-18(25)19(26)9-15)21-11-23(34-31-21)16-4-6-17(7-5-16)30-14(2)32/h3,8-10,16-17,23H,4-7,11-12H2,1-2H3,(H,27,33)(H,30,32). The number of rotatable bonds is 6. The largest absolute Gasteiger partial charge is 0.391 e. The molecule has 1 atom stereocenters. The highest BCUT2D eigenvalue weighted by Gasteiger charge is 2.34. The second kappa shape index (κ2) is 10.2. The fourth-order valence-electron chi connectivity index (χ4n) is 4.48. The van der Waals surface area contributed by atoms with E-state index in [4.69, 9.17) is 4.84 Å². The van der Waals surface area contributed by atoms with Crippen molar-refractivity contribution in [3.05, 3.63) is 58.7 Å². The summed E-state index contributed by atoms with van der Waals surface area (Å²) in [5.41, 5.74) is 1.78. The van der Waals surface area contributed by atoms with Crippen LogP contribution in [0.2, 0.25) is 0 Å². The zero-order valence-corrected chi connectivity index (χ0v) is 19.1. The summed E-state index contributed by atoms with van der Waals surface area (Å²) in [5, 5.41) is 9.87. The van der Waals surface area contributed by atoms with Gasteiger partial charge in [-0.05, 0) is 62.3 Å². The maximum atomic E-state index is 13.4. The average molecular weight is 472 g/mol. The SMILES string of the molecule is CC(=O)NC1CCC(C2CC(c3cc(C(=O)NCc4ccc(F)c(F)c4)nc(C)n3)=NO2)CC1. The maximum Gasteiger partial charge on any atom is 0.270 e. The van der Waals surface area contributed by atoms with Crippen molar-refractivity contribution in [2.45, 2.75) is 64.6 Å². The minimum atomic E-state index is -0.968. The van der Waals surface area contributed by atoms with Crippen LogP contribution in [0, 0.1) is 24.5 Å². The van der Waals surface area contributed by atoms with Gasteiger partial charge in [-0.3, -0.25) is 9.59 Å². The molecule has 1 aliphatic heterocycles. The predicted octanol–water partition coefficient (Wildman–Crippen LogP) is 3.18. The highest BCUT2D eigenvalue weighted by Crippen LogP contribution is 2.33. The third kappa shape index (κ3) is 5.73. The van der Waals surface area contributed by atoms with Crippen LogP contribution in [0.25, 0.3) is 0 Å². The normalized spacial score (nSPS) is 22.0. The number of hydrogen-bond donors (Lipinski definition) is 2. The third-order valence-electron chi connectivity index (χ3n) is 6.20. The van der Waals surface area contributed by atoms with Gasteiger partial charge in [0, 0.05) is 25.9 Å². The number of nitrogens with one attached hydrogen (secondary N) is 2. The molecule has 8 nitrogen and oxygen atoms in total. The van der Waals surface area contributed by atoms with Crippen molar-refractivity contribution in [1.29, 1.82) is 0 Å². The molecule has 34 heavy (non-hydrogen) atoms. The number of oxime groups is 1. The van der Waals surface area contributed by atoms with Crippen LogP contribution in [-0.2, 0) is 16.2 Å². The molecule has 180 valence electrons. The Bertz CT molecular complexity index is 1120. The molecule has 1 saturated carbocycles. The lowest BCUT2D eigenvalue weighted by atomic mass is 9.81. The van der Waals surface area contributed by atoms with Gasteiger partial charge in [0.1, 0.15) is 23.3 Å². The Kier molecular flexibility index (Phi) is 7.14. The summed E-state index contributed by atoms with van der Waals surface area (Å²) in [5.74, 6) is -1.61. The van der Waals surface area contributed by atoms with Crippen LogP contribution < -0.4 is 10.6 Å². The molecule has 0 saturated heterocycles. The Balaban J connectivity index is 1.36. The number of aromatic nitrogens is 2. The monoisotopic (exact) mass is 471 g/mol. The van der Waals surface area contributed by atoms with E-state index in [-0.39, 0.29) is 30.3 Å². The van der Waals surface area contributed by atoms with Gasteiger partial charge in [-0.1, -0.05) is 11.2 Å². The Morgan fingerprint density at radius 3 is 2.56 bits per heavy atom. The van der Waals surface area contributed by atoms with Gasteiger partial charge in [0.15, 0.2) is 11.6 Å². The van der Waals surface area contributed by atoms with E-state index in [1.807, 2.05) is 0 Å². The number of carbonyl (C=O) groups is 2. The Hall–Kier alpha value is -3.43. The van der Waals surface area contributed by atoms with Gasteiger partial charge < -0.3 is 15.5 Å². The highest BCUT2D eigenvalue weighted by molar-refractivity contribution is 6.01. The molecule has 1 aliphatic carbocycles. The van der Waals surface area contributed by atoms with E-state index in [9.17, 15) is 18.4 Å². The first-order valence-electron chi connectivity index (χ1n) is 11.4. The molecule has 1 fully saturated rings. The van der Waals surface area contributed by atoms with E-state index in [1.54, 1.807) is 13.0 Å². The molecule has 4 rings (SSSR count). The zero-order chi connectivity index (χ0) is 24.2. The van der Waals surface area contributed by atoms with Gasteiger partial charge in [0.2, 0.25) is 5.91 Å². The summed E-state index contributed by atoms with van der Waals surface area (Å²) < 4.78 is 26.5. The molecule has 0 bridgehead atoms. The van der Waals surface area contributed by atoms with E-state index in [2.05, 4.69) is 25.8 Å². The van der Waals surface area contributed by atoms with Crippen LogP contribution in [0.1, 0.15) is 66.6 Å². The number of hydrogen-bond acceptors (Lipinski definition) is 6. The van der Waals surface area contributed by atoms with Gasteiger partial charge in [-0.15, -0.1) is 0 Å². The quantitative estimate of drug-likeness (QED) is 0.673. The van der Waals surface area contributed by atoms with E-state index in [0.717, 1.165) is 37.8 Å². The second-order valence-corrected chi connectivity index (χ2v) is 8.81. The molecular weight excluding hydrogens is 444 g/mol.